The number of rotatable bonds is 1. The van der Waals surface area contributed by atoms with Gasteiger partial charge in [-0.2, -0.15) is 0 Å². The molecular weight excluding hydrogens is 231 g/mol. The summed E-state index contributed by atoms with van der Waals surface area (Å²) in [7, 11) is 0. The molecule has 0 saturated heterocycles. The van der Waals surface area contributed by atoms with E-state index < -0.39 is 17.5 Å². The number of benzene rings is 1. The quantitative estimate of drug-likeness (QED) is 0.772. The second-order valence-corrected chi connectivity index (χ2v) is 3.72. The molecule has 87 valence electrons. The highest BCUT2D eigenvalue weighted by Crippen LogP contribution is 2.27. The van der Waals surface area contributed by atoms with Crippen molar-refractivity contribution in [3.8, 4) is 11.3 Å². The van der Waals surface area contributed by atoms with E-state index in [1.165, 1.54) is 0 Å². The molecule has 0 bridgehead atoms. The average molecular weight is 238 g/mol. The van der Waals surface area contributed by atoms with Crippen LogP contribution in [0.15, 0.2) is 12.1 Å². The SMILES string of the molecule is Fc1cc(F)c(F)c(-c2[c]n3c(n2)NCC3)c1. The van der Waals surface area contributed by atoms with E-state index in [0.717, 1.165) is 12.6 Å². The molecule has 0 amide bonds. The van der Waals surface area contributed by atoms with Gasteiger partial charge in [0.05, 0.1) is 6.20 Å². The monoisotopic (exact) mass is 238 g/mol. The maximum atomic E-state index is 13.5. The van der Waals surface area contributed by atoms with E-state index in [2.05, 4.69) is 16.5 Å². The molecule has 0 saturated carbocycles. The van der Waals surface area contributed by atoms with Crippen LogP contribution in [0.5, 0.6) is 0 Å². The van der Waals surface area contributed by atoms with Crippen LogP contribution in [0.1, 0.15) is 0 Å². The summed E-state index contributed by atoms with van der Waals surface area (Å²) in [4.78, 5) is 4.03. The largest absolute Gasteiger partial charge is 0.354 e. The number of hydrogen-bond acceptors (Lipinski definition) is 2. The number of anilines is 1. The highest BCUT2D eigenvalue weighted by molar-refractivity contribution is 5.61. The Morgan fingerprint density at radius 3 is 2.88 bits per heavy atom. The van der Waals surface area contributed by atoms with Crippen LogP contribution in [-0.4, -0.2) is 16.1 Å². The number of nitrogens with one attached hydrogen (secondary N) is 1. The first-order valence-corrected chi connectivity index (χ1v) is 5.04. The van der Waals surface area contributed by atoms with Gasteiger partial charge in [-0.25, -0.2) is 18.2 Å². The van der Waals surface area contributed by atoms with Crippen molar-refractivity contribution in [2.75, 3.05) is 11.9 Å². The molecule has 0 aliphatic carbocycles. The van der Waals surface area contributed by atoms with E-state index in [0.29, 0.717) is 18.6 Å². The minimum Gasteiger partial charge on any atom is -0.354 e. The third kappa shape index (κ3) is 1.56. The van der Waals surface area contributed by atoms with Crippen molar-refractivity contribution < 1.29 is 13.2 Å². The molecule has 3 nitrogen and oxygen atoms in total. The van der Waals surface area contributed by atoms with Gasteiger partial charge in [0.2, 0.25) is 5.95 Å². The number of aromatic nitrogens is 2. The first-order chi connectivity index (χ1) is 8.15. The second-order valence-electron chi connectivity index (χ2n) is 3.72. The highest BCUT2D eigenvalue weighted by atomic mass is 19.2. The molecule has 1 aliphatic rings. The summed E-state index contributed by atoms with van der Waals surface area (Å²) in [5, 5.41) is 2.95. The zero-order valence-corrected chi connectivity index (χ0v) is 8.60. The third-order valence-electron chi connectivity index (χ3n) is 2.58. The molecule has 2 aromatic rings. The Morgan fingerprint density at radius 1 is 1.29 bits per heavy atom. The van der Waals surface area contributed by atoms with Gasteiger partial charge in [0, 0.05) is 24.7 Å². The van der Waals surface area contributed by atoms with Crippen LogP contribution in [0.2, 0.25) is 0 Å². The minimum absolute atomic E-state index is 0.100. The van der Waals surface area contributed by atoms with Gasteiger partial charge >= 0.3 is 0 Å². The van der Waals surface area contributed by atoms with Gasteiger partial charge in [-0.1, -0.05) is 0 Å². The Hall–Kier alpha value is -1.98. The van der Waals surface area contributed by atoms with Gasteiger partial charge < -0.3 is 9.88 Å². The molecule has 0 atom stereocenters. The number of halogens is 3. The van der Waals surface area contributed by atoms with Gasteiger partial charge in [-0.05, 0) is 6.07 Å². The second kappa shape index (κ2) is 3.51. The number of imidazole rings is 1. The zero-order chi connectivity index (χ0) is 12.0. The first-order valence-electron chi connectivity index (χ1n) is 5.04. The van der Waals surface area contributed by atoms with Crippen LogP contribution < -0.4 is 5.32 Å². The van der Waals surface area contributed by atoms with Crippen molar-refractivity contribution in [2.45, 2.75) is 6.54 Å². The molecule has 1 aromatic carbocycles. The lowest BCUT2D eigenvalue weighted by atomic mass is 10.1. The number of fused-ring (bicyclic) bond motifs is 1. The van der Waals surface area contributed by atoms with Crippen LogP contribution in [0.3, 0.4) is 0 Å². The van der Waals surface area contributed by atoms with Crippen molar-refractivity contribution in [3.63, 3.8) is 0 Å². The highest BCUT2D eigenvalue weighted by Gasteiger charge is 2.19. The molecule has 1 aliphatic heterocycles. The molecule has 3 rings (SSSR count). The van der Waals surface area contributed by atoms with Crippen molar-refractivity contribution in [1.82, 2.24) is 9.55 Å². The Balaban J connectivity index is 2.14. The molecule has 0 spiro atoms. The van der Waals surface area contributed by atoms with Crippen molar-refractivity contribution in [2.24, 2.45) is 0 Å². The van der Waals surface area contributed by atoms with E-state index in [-0.39, 0.29) is 11.3 Å². The van der Waals surface area contributed by atoms with Gasteiger partial charge in [0.25, 0.3) is 0 Å². The normalized spacial score (nSPS) is 13.6. The summed E-state index contributed by atoms with van der Waals surface area (Å²) in [6.45, 7) is 1.38. The van der Waals surface area contributed by atoms with E-state index in [1.54, 1.807) is 4.57 Å². The summed E-state index contributed by atoms with van der Waals surface area (Å²) in [6.07, 6.45) is 2.77. The first kappa shape index (κ1) is 10.2. The fourth-order valence-electron chi connectivity index (χ4n) is 1.80. The zero-order valence-electron chi connectivity index (χ0n) is 8.60. The summed E-state index contributed by atoms with van der Waals surface area (Å²) < 4.78 is 41.2. The maximum absolute atomic E-state index is 13.5. The van der Waals surface area contributed by atoms with Crippen LogP contribution in [0.4, 0.5) is 19.1 Å². The maximum Gasteiger partial charge on any atom is 0.204 e. The molecule has 1 radical (unpaired) electrons. The van der Waals surface area contributed by atoms with Crippen molar-refractivity contribution in [3.05, 3.63) is 35.8 Å². The fourth-order valence-corrected chi connectivity index (χ4v) is 1.80. The average Bonchev–Trinajstić information content (AvgIpc) is 2.83. The van der Waals surface area contributed by atoms with Crippen molar-refractivity contribution in [1.29, 1.82) is 0 Å². The topological polar surface area (TPSA) is 29.9 Å². The Morgan fingerprint density at radius 2 is 2.12 bits per heavy atom. The summed E-state index contributed by atoms with van der Waals surface area (Å²) in [5.74, 6) is -2.65. The molecule has 0 unspecified atom stereocenters. The van der Waals surface area contributed by atoms with Crippen LogP contribution >= 0.6 is 0 Å². The smallest absolute Gasteiger partial charge is 0.204 e. The third-order valence-corrected chi connectivity index (χ3v) is 2.58. The van der Waals surface area contributed by atoms with Crippen molar-refractivity contribution >= 4 is 5.95 Å². The number of hydrogen-bond donors (Lipinski definition) is 1. The minimum atomic E-state index is -1.23. The Labute approximate surface area is 94.9 Å². The lowest BCUT2D eigenvalue weighted by Gasteiger charge is -2.01. The van der Waals surface area contributed by atoms with Crippen LogP contribution in [-0.2, 0) is 6.54 Å². The fraction of sp³-hybridized carbons (Fsp3) is 0.182. The van der Waals surface area contributed by atoms with E-state index >= 15 is 0 Å². The molecule has 17 heavy (non-hydrogen) atoms. The van der Waals surface area contributed by atoms with Gasteiger partial charge in [-0.3, -0.25) is 0 Å². The molecule has 2 heterocycles. The molecule has 1 aromatic heterocycles. The van der Waals surface area contributed by atoms with Crippen LogP contribution in [0, 0.1) is 23.6 Å². The molecule has 1 N–H and O–H groups in total. The molecular formula is C11H7F3N3. The summed E-state index contributed by atoms with van der Waals surface area (Å²) in [5.41, 5.74) is -0.116. The van der Waals surface area contributed by atoms with Gasteiger partial charge in [0.15, 0.2) is 11.6 Å². The van der Waals surface area contributed by atoms with E-state index in [1.807, 2.05) is 0 Å². The van der Waals surface area contributed by atoms with E-state index in [9.17, 15) is 13.2 Å². The predicted molar refractivity (Wildman–Crippen MR) is 54.9 cm³/mol. The van der Waals surface area contributed by atoms with Gasteiger partial charge in [0.1, 0.15) is 11.5 Å². The Kier molecular flexibility index (Phi) is 2.10. The lowest BCUT2D eigenvalue weighted by molar-refractivity contribution is 0.497. The van der Waals surface area contributed by atoms with Gasteiger partial charge in [-0.15, -0.1) is 0 Å². The number of nitrogens with zero attached hydrogens (tertiary/aromatic N) is 2. The molecule has 6 heteroatoms. The molecule has 0 fully saturated rings. The summed E-state index contributed by atoms with van der Waals surface area (Å²) >= 11 is 0. The standard InChI is InChI=1S/C11H7F3N3/c12-6-3-7(10(14)8(13)4-6)9-5-17-2-1-15-11(17)16-9/h3-4H,1-2H2,(H,15,16). The summed E-state index contributed by atoms with van der Waals surface area (Å²) in [6, 6.07) is 1.41. The van der Waals surface area contributed by atoms with E-state index in [4.69, 9.17) is 0 Å². The predicted octanol–water partition coefficient (Wildman–Crippen LogP) is 2.19. The Bertz CT molecular complexity index is 570. The lowest BCUT2D eigenvalue weighted by Crippen LogP contribution is -1.97. The van der Waals surface area contributed by atoms with Crippen LogP contribution in [0.25, 0.3) is 11.3 Å².